The van der Waals surface area contributed by atoms with Gasteiger partial charge in [0.2, 0.25) is 10.0 Å². The molecule has 1 aromatic carbocycles. The summed E-state index contributed by atoms with van der Waals surface area (Å²) < 4.78 is 28.4. The largest absolute Gasteiger partial charge is 0.389 e. The van der Waals surface area contributed by atoms with Crippen molar-refractivity contribution in [2.75, 3.05) is 13.1 Å². The van der Waals surface area contributed by atoms with E-state index in [0.29, 0.717) is 36.1 Å². The number of halogens is 1. The number of rotatable bonds is 4. The van der Waals surface area contributed by atoms with Gasteiger partial charge < -0.3 is 10.0 Å². The minimum absolute atomic E-state index is 0.130. The molecule has 1 unspecified atom stereocenters. The third kappa shape index (κ3) is 3.64. The van der Waals surface area contributed by atoms with Gasteiger partial charge in [-0.25, -0.2) is 17.4 Å². The van der Waals surface area contributed by atoms with Crippen LogP contribution in [0.15, 0.2) is 71.5 Å². The Kier molecular flexibility index (Phi) is 5.30. The predicted octanol–water partition coefficient (Wildman–Crippen LogP) is 3.70. The molecule has 1 saturated heterocycles. The molecule has 3 heterocycles. The van der Waals surface area contributed by atoms with Crippen LogP contribution in [0.1, 0.15) is 23.7 Å². The molecule has 1 N–H and O–H groups in total. The Hall–Kier alpha value is -2.75. The zero-order chi connectivity index (χ0) is 23.4. The SMILES string of the molecule is CC1(S(=O)(=O)n2cc(-c3ccc(C(=O)N4CC(O)C4)cc3)c3cccnc32)C=C(Br)C=CC1. The standard InChI is InChI=1S/C24H22BrN3O4S/c1-24(10-2-4-18(25)12-24)33(31,32)28-15-21(20-5-3-11-26-22(20)28)16-6-8-17(9-7-16)23(30)27-13-19(29)14-27/h2-9,11-12,15,19,29H,10,13-14H2,1H3. The maximum absolute atomic E-state index is 13.8. The summed E-state index contributed by atoms with van der Waals surface area (Å²) in [6, 6.07) is 10.7. The van der Waals surface area contributed by atoms with Crippen LogP contribution >= 0.6 is 15.9 Å². The number of amides is 1. The highest BCUT2D eigenvalue weighted by molar-refractivity contribution is 9.11. The van der Waals surface area contributed by atoms with E-state index >= 15 is 0 Å². The van der Waals surface area contributed by atoms with Crippen LogP contribution in [0.3, 0.4) is 0 Å². The van der Waals surface area contributed by atoms with Crippen molar-refractivity contribution in [3.05, 3.63) is 77.1 Å². The van der Waals surface area contributed by atoms with Crippen molar-refractivity contribution in [2.45, 2.75) is 24.2 Å². The molecule has 2 aromatic heterocycles. The number of aliphatic hydroxyl groups is 1. The summed E-state index contributed by atoms with van der Waals surface area (Å²) in [4.78, 5) is 18.5. The Morgan fingerprint density at radius 2 is 1.94 bits per heavy atom. The fourth-order valence-corrected chi connectivity index (χ4v) is 6.74. The number of carbonyl (C=O) groups is 1. The second kappa shape index (κ2) is 7.93. The van der Waals surface area contributed by atoms with Crippen LogP contribution in [0.2, 0.25) is 0 Å². The van der Waals surface area contributed by atoms with Gasteiger partial charge in [-0.2, -0.15) is 0 Å². The number of fused-ring (bicyclic) bond motifs is 1. The first kappa shape index (κ1) is 22.1. The van der Waals surface area contributed by atoms with Gasteiger partial charge in [-0.05, 0) is 49.2 Å². The van der Waals surface area contributed by atoms with E-state index < -0.39 is 20.9 Å². The number of nitrogens with zero attached hydrogens (tertiary/aromatic N) is 3. The molecule has 3 aromatic rings. The first-order valence-corrected chi connectivity index (χ1v) is 12.8. The maximum Gasteiger partial charge on any atom is 0.254 e. The Morgan fingerprint density at radius 1 is 1.21 bits per heavy atom. The number of aromatic nitrogens is 2. The van der Waals surface area contributed by atoms with Gasteiger partial charge in [0.1, 0.15) is 4.75 Å². The van der Waals surface area contributed by atoms with Crippen LogP contribution in [0, 0.1) is 0 Å². The summed E-state index contributed by atoms with van der Waals surface area (Å²) in [7, 11) is -3.83. The average Bonchev–Trinajstić information content (AvgIpc) is 3.17. The van der Waals surface area contributed by atoms with Gasteiger partial charge in [0.15, 0.2) is 5.65 Å². The summed E-state index contributed by atoms with van der Waals surface area (Å²) in [6.07, 6.45) is 8.49. The van der Waals surface area contributed by atoms with E-state index in [-0.39, 0.29) is 5.91 Å². The number of β-amino-alcohol motifs (C(OH)–C–C–N with tert-alkyl or cyclic N) is 1. The van der Waals surface area contributed by atoms with Crippen LogP contribution in [0.4, 0.5) is 0 Å². The molecular formula is C24H22BrN3O4S. The minimum atomic E-state index is -3.83. The van der Waals surface area contributed by atoms with E-state index in [2.05, 4.69) is 20.9 Å². The molecular weight excluding hydrogens is 506 g/mol. The average molecular weight is 528 g/mol. The Morgan fingerprint density at radius 3 is 2.61 bits per heavy atom. The highest BCUT2D eigenvalue weighted by Crippen LogP contribution is 2.37. The Labute approximate surface area is 200 Å². The van der Waals surface area contributed by atoms with Crippen molar-refractivity contribution in [1.29, 1.82) is 0 Å². The van der Waals surface area contributed by atoms with Crippen molar-refractivity contribution in [3.8, 4) is 11.1 Å². The second-order valence-corrected chi connectivity index (χ2v) is 11.8. The summed E-state index contributed by atoms with van der Waals surface area (Å²) in [5.74, 6) is -0.130. The quantitative estimate of drug-likeness (QED) is 0.558. The Bertz CT molecular complexity index is 1420. The summed E-state index contributed by atoms with van der Waals surface area (Å²) >= 11 is 3.40. The zero-order valence-electron chi connectivity index (χ0n) is 17.8. The summed E-state index contributed by atoms with van der Waals surface area (Å²) in [5.41, 5.74) is 2.39. The maximum atomic E-state index is 13.8. The van der Waals surface area contributed by atoms with Crippen LogP contribution < -0.4 is 0 Å². The van der Waals surface area contributed by atoms with E-state index in [4.69, 9.17) is 0 Å². The van der Waals surface area contributed by atoms with Crippen LogP contribution in [-0.4, -0.2) is 57.2 Å². The number of hydrogen-bond acceptors (Lipinski definition) is 5. The Balaban J connectivity index is 1.56. The van der Waals surface area contributed by atoms with Gasteiger partial charge in [-0.3, -0.25) is 4.79 Å². The molecule has 1 amide bonds. The summed E-state index contributed by atoms with van der Waals surface area (Å²) in [5, 5.41) is 10.2. The van der Waals surface area contributed by atoms with Crippen molar-refractivity contribution in [1.82, 2.24) is 13.9 Å². The smallest absolute Gasteiger partial charge is 0.254 e. The monoisotopic (exact) mass is 527 g/mol. The van der Waals surface area contributed by atoms with Gasteiger partial charge in [0.05, 0.1) is 6.10 Å². The van der Waals surface area contributed by atoms with Crippen molar-refractivity contribution in [2.24, 2.45) is 0 Å². The van der Waals surface area contributed by atoms with Gasteiger partial charge >= 0.3 is 0 Å². The van der Waals surface area contributed by atoms with Gasteiger partial charge in [-0.1, -0.05) is 40.2 Å². The van der Waals surface area contributed by atoms with Crippen LogP contribution in [-0.2, 0) is 10.0 Å². The lowest BCUT2D eigenvalue weighted by Crippen LogP contribution is -2.53. The first-order valence-electron chi connectivity index (χ1n) is 10.5. The van der Waals surface area contributed by atoms with Crippen LogP contribution in [0.25, 0.3) is 22.2 Å². The number of aliphatic hydroxyl groups excluding tert-OH is 1. The normalized spacial score (nSPS) is 21.2. The lowest BCUT2D eigenvalue weighted by Gasteiger charge is -2.35. The lowest BCUT2D eigenvalue weighted by atomic mass is 10.0. The molecule has 5 rings (SSSR count). The molecule has 170 valence electrons. The van der Waals surface area contributed by atoms with Crippen molar-refractivity contribution in [3.63, 3.8) is 0 Å². The minimum Gasteiger partial charge on any atom is -0.389 e. The number of hydrogen-bond donors (Lipinski definition) is 1. The third-order valence-electron chi connectivity index (χ3n) is 6.22. The van der Waals surface area contributed by atoms with E-state index in [1.165, 1.54) is 3.97 Å². The molecule has 1 aliphatic heterocycles. The number of pyridine rings is 1. The van der Waals surface area contributed by atoms with Crippen molar-refractivity contribution >= 4 is 42.9 Å². The molecule has 33 heavy (non-hydrogen) atoms. The van der Waals surface area contributed by atoms with E-state index in [9.17, 15) is 18.3 Å². The fourth-order valence-electron chi connectivity index (χ4n) is 4.25. The molecule has 0 bridgehead atoms. The molecule has 1 fully saturated rings. The molecule has 1 aliphatic carbocycles. The predicted molar refractivity (Wildman–Crippen MR) is 131 cm³/mol. The number of likely N-dealkylation sites (tertiary alicyclic amines) is 1. The first-order chi connectivity index (χ1) is 15.7. The lowest BCUT2D eigenvalue weighted by molar-refractivity contribution is 0.00590. The molecule has 7 nitrogen and oxygen atoms in total. The number of benzene rings is 1. The van der Waals surface area contributed by atoms with Gasteiger partial charge in [0, 0.05) is 46.5 Å². The number of carbonyl (C=O) groups excluding carboxylic acids is 1. The summed E-state index contributed by atoms with van der Waals surface area (Å²) in [6.45, 7) is 2.39. The molecule has 0 spiro atoms. The third-order valence-corrected chi connectivity index (χ3v) is 8.97. The molecule has 0 saturated carbocycles. The van der Waals surface area contributed by atoms with Crippen LogP contribution in [0.5, 0.6) is 0 Å². The zero-order valence-corrected chi connectivity index (χ0v) is 20.3. The second-order valence-electron chi connectivity index (χ2n) is 8.61. The van der Waals surface area contributed by atoms with E-state index in [0.717, 1.165) is 15.6 Å². The highest BCUT2D eigenvalue weighted by atomic mass is 79.9. The molecule has 9 heteroatoms. The van der Waals surface area contributed by atoms with E-state index in [1.54, 1.807) is 48.5 Å². The topological polar surface area (TPSA) is 92.5 Å². The fraction of sp³-hybridized carbons (Fsp3) is 0.250. The van der Waals surface area contributed by atoms with E-state index in [1.807, 2.05) is 30.4 Å². The number of allylic oxidation sites excluding steroid dienone is 3. The molecule has 1 atom stereocenters. The molecule has 2 aliphatic rings. The van der Waals surface area contributed by atoms with Gasteiger partial charge in [0.25, 0.3) is 5.91 Å². The van der Waals surface area contributed by atoms with Crippen molar-refractivity contribution < 1.29 is 18.3 Å². The van der Waals surface area contributed by atoms with Gasteiger partial charge in [-0.15, -0.1) is 0 Å². The highest BCUT2D eigenvalue weighted by Gasteiger charge is 2.40. The molecule has 0 radical (unpaired) electrons.